The van der Waals surface area contributed by atoms with Gasteiger partial charge in [-0.25, -0.2) is 4.39 Å². The van der Waals surface area contributed by atoms with Crippen molar-refractivity contribution in [1.82, 2.24) is 29.7 Å². The summed E-state index contributed by atoms with van der Waals surface area (Å²) in [5, 5.41) is 9.64. The molecule has 2 saturated heterocycles. The van der Waals surface area contributed by atoms with E-state index in [1.165, 1.54) is 4.68 Å². The van der Waals surface area contributed by atoms with Gasteiger partial charge >= 0.3 is 0 Å². The van der Waals surface area contributed by atoms with E-state index in [1.54, 1.807) is 19.9 Å². The summed E-state index contributed by atoms with van der Waals surface area (Å²) in [5.41, 5.74) is 1.79. The zero-order valence-corrected chi connectivity index (χ0v) is 20.4. The number of nitrogens with zero attached hydrogens (tertiary/aromatic N) is 6. The Hall–Kier alpha value is -2.81. The van der Waals surface area contributed by atoms with Crippen LogP contribution < -0.4 is 0 Å². The first-order valence-corrected chi connectivity index (χ1v) is 12.3. The third-order valence-electron chi connectivity index (χ3n) is 7.48. The molecule has 0 atom stereocenters. The van der Waals surface area contributed by atoms with Gasteiger partial charge in [0, 0.05) is 37.4 Å². The Kier molecular flexibility index (Phi) is 6.14. The number of hydrogen-bond acceptors (Lipinski definition) is 6. The van der Waals surface area contributed by atoms with Crippen molar-refractivity contribution in [1.29, 1.82) is 0 Å². The molecule has 2 aliphatic heterocycles. The SMILES string of the molecule is CC(=O)N1CCC(N2CCC(c3nc(-n4nc(C(C)C)c5ccc(C)c(F)c54)no3)CC2)CC1. The van der Waals surface area contributed by atoms with Crippen LogP contribution in [0.1, 0.15) is 75.4 Å². The molecule has 34 heavy (non-hydrogen) atoms. The number of aromatic nitrogens is 4. The molecule has 0 spiro atoms. The van der Waals surface area contributed by atoms with Crippen LogP contribution in [-0.4, -0.2) is 67.8 Å². The van der Waals surface area contributed by atoms with E-state index in [9.17, 15) is 4.79 Å². The van der Waals surface area contributed by atoms with Crippen LogP contribution in [0.2, 0.25) is 0 Å². The molecule has 182 valence electrons. The van der Waals surface area contributed by atoms with Crippen molar-refractivity contribution in [2.24, 2.45) is 0 Å². The number of amides is 1. The van der Waals surface area contributed by atoms with Crippen LogP contribution in [0.3, 0.4) is 0 Å². The number of carbonyl (C=O) groups excluding carboxylic acids is 1. The van der Waals surface area contributed by atoms with E-state index in [4.69, 9.17) is 4.52 Å². The fourth-order valence-electron chi connectivity index (χ4n) is 5.40. The maximum atomic E-state index is 15.1. The highest BCUT2D eigenvalue weighted by atomic mass is 19.1. The van der Waals surface area contributed by atoms with Crippen molar-refractivity contribution in [2.45, 2.75) is 71.3 Å². The fourth-order valence-corrected chi connectivity index (χ4v) is 5.40. The predicted molar refractivity (Wildman–Crippen MR) is 127 cm³/mol. The van der Waals surface area contributed by atoms with E-state index in [0.717, 1.165) is 62.9 Å². The lowest BCUT2D eigenvalue weighted by molar-refractivity contribution is -0.130. The highest BCUT2D eigenvalue weighted by molar-refractivity contribution is 5.85. The second-order valence-corrected chi connectivity index (χ2v) is 10.0. The first-order valence-electron chi connectivity index (χ1n) is 12.3. The first kappa shape index (κ1) is 23.0. The van der Waals surface area contributed by atoms with Crippen molar-refractivity contribution in [3.8, 4) is 5.95 Å². The van der Waals surface area contributed by atoms with Crippen molar-refractivity contribution in [3.63, 3.8) is 0 Å². The topological polar surface area (TPSA) is 80.3 Å². The molecular weight excluding hydrogens is 435 g/mol. The highest BCUT2D eigenvalue weighted by Crippen LogP contribution is 2.32. The van der Waals surface area contributed by atoms with Crippen LogP contribution in [0.15, 0.2) is 16.7 Å². The summed E-state index contributed by atoms with van der Waals surface area (Å²) in [6.45, 7) is 11.1. The second-order valence-electron chi connectivity index (χ2n) is 10.0. The van der Waals surface area contributed by atoms with Gasteiger partial charge in [-0.15, -0.1) is 0 Å². The number of fused-ring (bicyclic) bond motifs is 1. The number of hydrogen-bond donors (Lipinski definition) is 0. The van der Waals surface area contributed by atoms with Gasteiger partial charge in [0.05, 0.1) is 5.69 Å². The summed E-state index contributed by atoms with van der Waals surface area (Å²) in [7, 11) is 0. The van der Waals surface area contributed by atoms with Gasteiger partial charge in [-0.3, -0.25) is 4.79 Å². The minimum Gasteiger partial charge on any atom is -0.343 e. The molecule has 0 unspecified atom stereocenters. The summed E-state index contributed by atoms with van der Waals surface area (Å²) in [4.78, 5) is 20.7. The van der Waals surface area contributed by atoms with Crippen LogP contribution in [0, 0.1) is 12.7 Å². The third kappa shape index (κ3) is 4.10. The summed E-state index contributed by atoms with van der Waals surface area (Å²) in [6, 6.07) is 4.24. The molecular formula is C25H33FN6O2. The standard InChI is InChI=1S/C25H33FN6O2/c1-15(2)22-20-6-5-16(3)21(26)23(20)32(28-22)25-27-24(34-29-25)18-7-11-31(12-8-18)19-9-13-30(14-10-19)17(4)33/h5-6,15,18-19H,7-14H2,1-4H3. The normalized spacial score (nSPS) is 18.9. The Labute approximate surface area is 199 Å². The number of halogens is 1. The van der Waals surface area contributed by atoms with Crippen LogP contribution in [-0.2, 0) is 4.79 Å². The molecule has 2 aromatic heterocycles. The van der Waals surface area contributed by atoms with Crippen LogP contribution in [0.5, 0.6) is 0 Å². The van der Waals surface area contributed by atoms with Gasteiger partial charge in [0.2, 0.25) is 11.8 Å². The highest BCUT2D eigenvalue weighted by Gasteiger charge is 2.32. The number of piperidine rings is 2. The lowest BCUT2D eigenvalue weighted by Gasteiger charge is -2.41. The number of aryl methyl sites for hydroxylation is 1. The van der Waals surface area contributed by atoms with Crippen molar-refractivity contribution < 1.29 is 13.7 Å². The molecule has 5 rings (SSSR count). The average Bonchev–Trinajstić information content (AvgIpc) is 3.47. The van der Waals surface area contributed by atoms with Crippen LogP contribution in [0.4, 0.5) is 4.39 Å². The molecule has 3 aromatic rings. The molecule has 0 radical (unpaired) electrons. The molecule has 9 heteroatoms. The molecule has 2 aliphatic rings. The number of benzene rings is 1. The second kappa shape index (κ2) is 9.09. The average molecular weight is 469 g/mol. The molecule has 0 aliphatic carbocycles. The Morgan fingerprint density at radius 2 is 1.82 bits per heavy atom. The van der Waals surface area contributed by atoms with Gasteiger partial charge in [-0.2, -0.15) is 14.8 Å². The minimum atomic E-state index is -0.299. The quantitative estimate of drug-likeness (QED) is 0.572. The summed E-state index contributed by atoms with van der Waals surface area (Å²) < 4.78 is 22.3. The van der Waals surface area contributed by atoms with Gasteiger partial charge < -0.3 is 14.3 Å². The van der Waals surface area contributed by atoms with E-state index >= 15 is 4.39 Å². The van der Waals surface area contributed by atoms with Gasteiger partial charge in [0.25, 0.3) is 5.95 Å². The first-order chi connectivity index (χ1) is 16.3. The molecule has 1 amide bonds. The molecule has 1 aromatic carbocycles. The zero-order chi connectivity index (χ0) is 24.0. The largest absolute Gasteiger partial charge is 0.343 e. The van der Waals surface area contributed by atoms with Crippen LogP contribution in [0.25, 0.3) is 16.9 Å². The Morgan fingerprint density at radius 3 is 2.47 bits per heavy atom. The van der Waals surface area contributed by atoms with E-state index < -0.39 is 0 Å². The maximum absolute atomic E-state index is 15.1. The Morgan fingerprint density at radius 1 is 1.12 bits per heavy atom. The predicted octanol–water partition coefficient (Wildman–Crippen LogP) is 4.17. The smallest absolute Gasteiger partial charge is 0.291 e. The summed E-state index contributed by atoms with van der Waals surface area (Å²) >= 11 is 0. The van der Waals surface area contributed by atoms with Crippen molar-refractivity contribution >= 4 is 16.8 Å². The molecule has 0 N–H and O–H groups in total. The van der Waals surface area contributed by atoms with Crippen molar-refractivity contribution in [2.75, 3.05) is 26.2 Å². The minimum absolute atomic E-state index is 0.142. The number of rotatable bonds is 4. The number of carbonyl (C=O) groups is 1. The molecule has 2 fully saturated rings. The molecule has 8 nitrogen and oxygen atoms in total. The van der Waals surface area contributed by atoms with Gasteiger partial charge in [0.1, 0.15) is 5.52 Å². The van der Waals surface area contributed by atoms with Gasteiger partial charge in [-0.1, -0.05) is 26.0 Å². The fraction of sp³-hybridized carbons (Fsp3) is 0.600. The Bertz CT molecular complexity index is 1190. The summed E-state index contributed by atoms with van der Waals surface area (Å²) in [6.07, 6.45) is 3.95. The lowest BCUT2D eigenvalue weighted by Crippen LogP contribution is -2.48. The van der Waals surface area contributed by atoms with Crippen molar-refractivity contribution in [3.05, 3.63) is 35.1 Å². The zero-order valence-electron chi connectivity index (χ0n) is 20.4. The van der Waals surface area contributed by atoms with Crippen LogP contribution >= 0.6 is 0 Å². The van der Waals surface area contributed by atoms with E-state index in [0.29, 0.717) is 23.0 Å². The monoisotopic (exact) mass is 468 g/mol. The van der Waals surface area contributed by atoms with Gasteiger partial charge in [0.15, 0.2) is 5.82 Å². The van der Waals surface area contributed by atoms with Gasteiger partial charge in [-0.05, 0) is 62.3 Å². The van der Waals surface area contributed by atoms with E-state index in [2.05, 4.69) is 20.1 Å². The maximum Gasteiger partial charge on any atom is 0.291 e. The lowest BCUT2D eigenvalue weighted by atomic mass is 9.93. The molecule has 0 saturated carbocycles. The Balaban J connectivity index is 1.31. The molecule has 0 bridgehead atoms. The van der Waals surface area contributed by atoms with E-state index in [-0.39, 0.29) is 29.5 Å². The third-order valence-corrected chi connectivity index (χ3v) is 7.48. The number of likely N-dealkylation sites (tertiary alicyclic amines) is 2. The van der Waals surface area contributed by atoms with E-state index in [1.807, 2.05) is 24.8 Å². The summed E-state index contributed by atoms with van der Waals surface area (Å²) in [5.74, 6) is 1.09. The molecule has 4 heterocycles.